The van der Waals surface area contributed by atoms with Crippen LogP contribution in [0, 0.1) is 19.8 Å². The van der Waals surface area contributed by atoms with E-state index in [0.29, 0.717) is 5.92 Å². The van der Waals surface area contributed by atoms with Gasteiger partial charge in [-0.2, -0.15) is 0 Å². The number of hydrogen-bond acceptors (Lipinski definition) is 3. The number of rotatable bonds is 2. The van der Waals surface area contributed by atoms with Gasteiger partial charge in [-0.3, -0.25) is 4.79 Å². The maximum Gasteiger partial charge on any atom is 0.306 e. The second-order valence-electron chi connectivity index (χ2n) is 4.64. The van der Waals surface area contributed by atoms with Gasteiger partial charge in [0.1, 0.15) is 5.76 Å². The van der Waals surface area contributed by atoms with Gasteiger partial charge < -0.3 is 9.63 Å². The SMILES string of the molecule is Cc1onc(C2CCC(C(=O)O)CC2)c1C. The third-order valence-corrected chi connectivity index (χ3v) is 3.66. The summed E-state index contributed by atoms with van der Waals surface area (Å²) >= 11 is 0. The molecular weight excluding hydrogens is 206 g/mol. The van der Waals surface area contributed by atoms with Gasteiger partial charge in [0.15, 0.2) is 0 Å². The highest BCUT2D eigenvalue weighted by Crippen LogP contribution is 2.36. The summed E-state index contributed by atoms with van der Waals surface area (Å²) in [5, 5.41) is 13.0. The molecule has 0 atom stereocenters. The van der Waals surface area contributed by atoms with E-state index in [2.05, 4.69) is 5.16 Å². The lowest BCUT2D eigenvalue weighted by Gasteiger charge is -2.24. The van der Waals surface area contributed by atoms with Gasteiger partial charge >= 0.3 is 5.97 Å². The summed E-state index contributed by atoms with van der Waals surface area (Å²) in [4.78, 5) is 10.8. The lowest BCUT2D eigenvalue weighted by Crippen LogP contribution is -2.20. The van der Waals surface area contributed by atoms with Crippen molar-refractivity contribution in [1.82, 2.24) is 5.16 Å². The van der Waals surface area contributed by atoms with Crippen LogP contribution in [-0.4, -0.2) is 16.2 Å². The van der Waals surface area contributed by atoms with Crippen molar-refractivity contribution in [3.05, 3.63) is 17.0 Å². The van der Waals surface area contributed by atoms with Crippen molar-refractivity contribution in [2.45, 2.75) is 45.4 Å². The summed E-state index contributed by atoms with van der Waals surface area (Å²) in [7, 11) is 0. The number of hydrogen-bond donors (Lipinski definition) is 1. The molecule has 1 heterocycles. The number of nitrogens with zero attached hydrogens (tertiary/aromatic N) is 1. The standard InChI is InChI=1S/C12H17NO3/c1-7-8(2)16-13-11(7)9-3-5-10(6-4-9)12(14)15/h9-10H,3-6H2,1-2H3,(H,14,15). The van der Waals surface area contributed by atoms with Gasteiger partial charge in [0.05, 0.1) is 11.6 Å². The summed E-state index contributed by atoms with van der Waals surface area (Å²) in [6, 6.07) is 0. The molecule has 0 aromatic carbocycles. The molecule has 0 saturated heterocycles. The summed E-state index contributed by atoms with van der Waals surface area (Å²) in [5.74, 6) is 0.430. The Kier molecular flexibility index (Phi) is 2.99. The lowest BCUT2D eigenvalue weighted by molar-refractivity contribution is -0.142. The van der Waals surface area contributed by atoms with Crippen LogP contribution in [0.15, 0.2) is 4.52 Å². The first kappa shape index (κ1) is 11.2. The highest BCUT2D eigenvalue weighted by atomic mass is 16.5. The number of carboxylic acids is 1. The van der Waals surface area contributed by atoms with Gasteiger partial charge in [-0.25, -0.2) is 0 Å². The molecule has 4 nitrogen and oxygen atoms in total. The Bertz CT molecular complexity index is 389. The molecule has 1 fully saturated rings. The summed E-state index contributed by atoms with van der Waals surface area (Å²) < 4.78 is 5.16. The van der Waals surface area contributed by atoms with E-state index in [9.17, 15) is 4.79 Å². The Hall–Kier alpha value is -1.32. The van der Waals surface area contributed by atoms with Gasteiger partial charge in [-0.15, -0.1) is 0 Å². The highest BCUT2D eigenvalue weighted by molar-refractivity contribution is 5.70. The molecule has 1 saturated carbocycles. The zero-order valence-corrected chi connectivity index (χ0v) is 9.69. The number of aromatic nitrogens is 1. The number of carboxylic acid groups (broad SMARTS) is 1. The van der Waals surface area contributed by atoms with Crippen LogP contribution in [0.25, 0.3) is 0 Å². The van der Waals surface area contributed by atoms with E-state index in [1.54, 1.807) is 0 Å². The summed E-state index contributed by atoms with van der Waals surface area (Å²) in [6.45, 7) is 3.93. The molecule has 1 N–H and O–H groups in total. The number of aryl methyl sites for hydroxylation is 1. The average Bonchev–Trinajstić information content (AvgIpc) is 2.60. The van der Waals surface area contributed by atoms with Crippen molar-refractivity contribution in [2.75, 3.05) is 0 Å². The Morgan fingerprint density at radius 1 is 1.31 bits per heavy atom. The summed E-state index contributed by atoms with van der Waals surface area (Å²) in [5.41, 5.74) is 2.15. The van der Waals surface area contributed by atoms with Crippen LogP contribution in [0.2, 0.25) is 0 Å². The van der Waals surface area contributed by atoms with E-state index < -0.39 is 5.97 Å². The fourth-order valence-corrected chi connectivity index (χ4v) is 2.43. The normalized spacial score (nSPS) is 25.6. The molecule has 0 aliphatic heterocycles. The van der Waals surface area contributed by atoms with Crippen LogP contribution in [0.1, 0.15) is 48.6 Å². The number of carbonyl (C=O) groups is 1. The zero-order chi connectivity index (χ0) is 11.7. The van der Waals surface area contributed by atoms with E-state index in [1.165, 1.54) is 0 Å². The van der Waals surface area contributed by atoms with E-state index >= 15 is 0 Å². The zero-order valence-electron chi connectivity index (χ0n) is 9.69. The first-order chi connectivity index (χ1) is 7.59. The molecule has 4 heteroatoms. The topological polar surface area (TPSA) is 63.3 Å². The molecule has 16 heavy (non-hydrogen) atoms. The second kappa shape index (κ2) is 4.28. The third kappa shape index (κ3) is 1.96. The minimum atomic E-state index is -0.661. The van der Waals surface area contributed by atoms with Crippen LogP contribution in [0.3, 0.4) is 0 Å². The lowest BCUT2D eigenvalue weighted by atomic mass is 9.80. The van der Waals surface area contributed by atoms with Crippen molar-refractivity contribution < 1.29 is 14.4 Å². The van der Waals surface area contributed by atoms with Crippen LogP contribution >= 0.6 is 0 Å². The maximum atomic E-state index is 10.8. The van der Waals surface area contributed by atoms with Gasteiger partial charge in [0.2, 0.25) is 0 Å². The Labute approximate surface area is 94.6 Å². The molecule has 0 unspecified atom stereocenters. The minimum Gasteiger partial charge on any atom is -0.481 e. The summed E-state index contributed by atoms with van der Waals surface area (Å²) in [6.07, 6.45) is 3.32. The van der Waals surface area contributed by atoms with Crippen molar-refractivity contribution >= 4 is 5.97 Å². The maximum absolute atomic E-state index is 10.8. The van der Waals surface area contributed by atoms with Crippen LogP contribution in [0.4, 0.5) is 0 Å². The molecule has 1 aromatic rings. The fourth-order valence-electron chi connectivity index (χ4n) is 2.43. The third-order valence-electron chi connectivity index (χ3n) is 3.66. The molecule has 88 valence electrons. The highest BCUT2D eigenvalue weighted by Gasteiger charge is 2.29. The Morgan fingerprint density at radius 3 is 2.38 bits per heavy atom. The van der Waals surface area contributed by atoms with E-state index in [-0.39, 0.29) is 5.92 Å². The molecule has 0 amide bonds. The molecule has 0 radical (unpaired) electrons. The predicted molar refractivity (Wildman–Crippen MR) is 58.3 cm³/mol. The minimum absolute atomic E-state index is 0.162. The van der Waals surface area contributed by atoms with Crippen LogP contribution in [-0.2, 0) is 4.79 Å². The van der Waals surface area contributed by atoms with Crippen molar-refractivity contribution in [3.8, 4) is 0 Å². The largest absolute Gasteiger partial charge is 0.481 e. The van der Waals surface area contributed by atoms with E-state index in [4.69, 9.17) is 9.63 Å². The Balaban J connectivity index is 2.04. The number of aliphatic carboxylic acids is 1. The molecule has 2 rings (SSSR count). The first-order valence-electron chi connectivity index (χ1n) is 5.75. The molecule has 0 spiro atoms. The van der Waals surface area contributed by atoms with Crippen LogP contribution < -0.4 is 0 Å². The van der Waals surface area contributed by atoms with E-state index in [0.717, 1.165) is 42.7 Å². The van der Waals surface area contributed by atoms with Crippen molar-refractivity contribution in [3.63, 3.8) is 0 Å². The quantitative estimate of drug-likeness (QED) is 0.837. The average molecular weight is 223 g/mol. The second-order valence-corrected chi connectivity index (χ2v) is 4.64. The molecule has 0 bridgehead atoms. The van der Waals surface area contributed by atoms with Gasteiger partial charge in [0, 0.05) is 11.5 Å². The van der Waals surface area contributed by atoms with Gasteiger partial charge in [-0.05, 0) is 39.5 Å². The molecule has 1 aliphatic rings. The predicted octanol–water partition coefficient (Wildman–Crippen LogP) is 2.65. The smallest absolute Gasteiger partial charge is 0.306 e. The van der Waals surface area contributed by atoms with Gasteiger partial charge in [0.25, 0.3) is 0 Å². The van der Waals surface area contributed by atoms with Crippen molar-refractivity contribution in [1.29, 1.82) is 0 Å². The molecular formula is C12H17NO3. The van der Waals surface area contributed by atoms with Crippen LogP contribution in [0.5, 0.6) is 0 Å². The molecule has 1 aromatic heterocycles. The first-order valence-corrected chi connectivity index (χ1v) is 5.75. The van der Waals surface area contributed by atoms with E-state index in [1.807, 2.05) is 13.8 Å². The Morgan fingerprint density at radius 2 is 1.94 bits per heavy atom. The van der Waals surface area contributed by atoms with Gasteiger partial charge in [-0.1, -0.05) is 5.16 Å². The van der Waals surface area contributed by atoms with Crippen molar-refractivity contribution in [2.24, 2.45) is 5.92 Å². The fraction of sp³-hybridized carbons (Fsp3) is 0.667. The monoisotopic (exact) mass is 223 g/mol. The molecule has 1 aliphatic carbocycles.